The van der Waals surface area contributed by atoms with Gasteiger partial charge in [0.2, 0.25) is 0 Å². The number of hydrogen-bond donors (Lipinski definition) is 1. The number of anilines is 1. The molecule has 0 spiro atoms. The lowest BCUT2D eigenvalue weighted by atomic mass is 10.1. The van der Waals surface area contributed by atoms with E-state index in [9.17, 15) is 9.59 Å². The third-order valence-corrected chi connectivity index (χ3v) is 5.27. The Hall–Kier alpha value is -3.65. The number of rotatable bonds is 5. The topological polar surface area (TPSA) is 93.3 Å². The molecule has 0 saturated carbocycles. The third kappa shape index (κ3) is 3.97. The van der Waals surface area contributed by atoms with Crippen LogP contribution in [0.2, 0.25) is 5.02 Å². The third-order valence-electron chi connectivity index (χ3n) is 4.94. The van der Waals surface area contributed by atoms with Gasteiger partial charge in [-0.05, 0) is 50.2 Å². The van der Waals surface area contributed by atoms with E-state index in [1.165, 1.54) is 4.90 Å². The summed E-state index contributed by atoms with van der Waals surface area (Å²) in [7, 11) is 3.32. The van der Waals surface area contributed by atoms with Gasteiger partial charge in [-0.3, -0.25) is 9.59 Å². The maximum atomic E-state index is 13.3. The van der Waals surface area contributed by atoms with Crippen molar-refractivity contribution in [3.63, 3.8) is 0 Å². The quantitative estimate of drug-likeness (QED) is 0.466. The molecule has 0 saturated heterocycles. The lowest BCUT2D eigenvalue weighted by Gasteiger charge is -2.14. The fraction of sp³-hybridized carbons (Fsp3) is 0.217. The van der Waals surface area contributed by atoms with Crippen LogP contribution in [0.4, 0.5) is 5.69 Å². The van der Waals surface area contributed by atoms with Crippen LogP contribution in [0.1, 0.15) is 40.6 Å². The van der Waals surface area contributed by atoms with Crippen molar-refractivity contribution in [2.45, 2.75) is 19.9 Å². The number of benzene rings is 1. The minimum absolute atomic E-state index is 0.0472. The zero-order valence-electron chi connectivity index (χ0n) is 18.1. The number of amides is 2. The molecule has 0 radical (unpaired) electrons. The van der Waals surface area contributed by atoms with Gasteiger partial charge in [0.1, 0.15) is 5.69 Å². The first-order valence-corrected chi connectivity index (χ1v) is 10.4. The number of hydrogen-bond acceptors (Lipinski definition) is 5. The molecule has 3 heterocycles. The standard InChI is InChI=1S/C23H22ClN5O3/c1-13(2)29-21-16(12-25-29)15(11-19(26-21)20-6-5-9-32-20)22(30)27-18-10-14(7-8-17(18)24)23(31)28(3)4/h5-13H,1-4H3,(H,27,30). The van der Waals surface area contributed by atoms with Gasteiger partial charge in [-0.1, -0.05) is 11.6 Å². The monoisotopic (exact) mass is 451 g/mol. The fourth-order valence-electron chi connectivity index (χ4n) is 3.34. The number of nitrogens with zero attached hydrogens (tertiary/aromatic N) is 4. The van der Waals surface area contributed by atoms with Crippen molar-refractivity contribution >= 4 is 40.1 Å². The predicted molar refractivity (Wildman–Crippen MR) is 123 cm³/mol. The van der Waals surface area contributed by atoms with Crippen molar-refractivity contribution in [1.82, 2.24) is 19.7 Å². The van der Waals surface area contributed by atoms with Gasteiger partial charge in [0, 0.05) is 25.7 Å². The highest BCUT2D eigenvalue weighted by Gasteiger charge is 2.21. The van der Waals surface area contributed by atoms with Crippen LogP contribution in [-0.4, -0.2) is 45.6 Å². The molecule has 4 rings (SSSR count). The van der Waals surface area contributed by atoms with E-state index in [0.29, 0.717) is 44.3 Å². The summed E-state index contributed by atoms with van der Waals surface area (Å²) in [5.41, 5.74) is 2.21. The smallest absolute Gasteiger partial charge is 0.256 e. The van der Waals surface area contributed by atoms with Crippen LogP contribution in [-0.2, 0) is 0 Å². The number of halogens is 1. The van der Waals surface area contributed by atoms with Crippen LogP contribution < -0.4 is 5.32 Å². The van der Waals surface area contributed by atoms with Gasteiger partial charge >= 0.3 is 0 Å². The second-order valence-electron chi connectivity index (χ2n) is 7.80. The summed E-state index contributed by atoms with van der Waals surface area (Å²) in [6, 6.07) is 10.0. The van der Waals surface area contributed by atoms with Crippen LogP contribution in [0.5, 0.6) is 0 Å². The van der Waals surface area contributed by atoms with Gasteiger partial charge in [-0.15, -0.1) is 0 Å². The van der Waals surface area contributed by atoms with Crippen LogP contribution in [0.3, 0.4) is 0 Å². The molecule has 0 atom stereocenters. The normalized spacial score (nSPS) is 11.2. The van der Waals surface area contributed by atoms with Gasteiger partial charge in [-0.2, -0.15) is 5.10 Å². The Kier molecular flexibility index (Phi) is 5.71. The van der Waals surface area contributed by atoms with Crippen molar-refractivity contribution in [1.29, 1.82) is 0 Å². The van der Waals surface area contributed by atoms with E-state index in [1.807, 2.05) is 13.8 Å². The number of nitrogens with one attached hydrogen (secondary N) is 1. The average molecular weight is 452 g/mol. The lowest BCUT2D eigenvalue weighted by Crippen LogP contribution is -2.22. The SMILES string of the molecule is CC(C)n1ncc2c(C(=O)Nc3cc(C(=O)N(C)C)ccc3Cl)cc(-c3ccco3)nc21. The zero-order valence-corrected chi connectivity index (χ0v) is 18.8. The molecular weight excluding hydrogens is 430 g/mol. The van der Waals surface area contributed by atoms with Gasteiger partial charge in [0.25, 0.3) is 11.8 Å². The Labute approximate surface area is 189 Å². The molecule has 0 fully saturated rings. The van der Waals surface area contributed by atoms with Crippen molar-refractivity contribution < 1.29 is 14.0 Å². The molecule has 32 heavy (non-hydrogen) atoms. The summed E-state index contributed by atoms with van der Waals surface area (Å²) in [5.74, 6) is -0.0549. The molecule has 0 unspecified atom stereocenters. The first-order chi connectivity index (χ1) is 15.3. The second-order valence-corrected chi connectivity index (χ2v) is 8.21. The number of aromatic nitrogens is 3. The van der Waals surface area contributed by atoms with Crippen molar-refractivity contribution in [3.05, 3.63) is 65.0 Å². The molecular formula is C23H22ClN5O3. The average Bonchev–Trinajstić information content (AvgIpc) is 3.43. The van der Waals surface area contributed by atoms with E-state index in [-0.39, 0.29) is 11.9 Å². The molecule has 3 aromatic heterocycles. The van der Waals surface area contributed by atoms with Crippen LogP contribution >= 0.6 is 11.6 Å². The number of fused-ring (bicyclic) bond motifs is 1. The first-order valence-electron chi connectivity index (χ1n) is 10.0. The summed E-state index contributed by atoms with van der Waals surface area (Å²) in [5, 5.41) is 8.16. The minimum atomic E-state index is -0.398. The highest BCUT2D eigenvalue weighted by atomic mass is 35.5. The second kappa shape index (κ2) is 8.47. The predicted octanol–water partition coefficient (Wildman–Crippen LogP) is 4.88. The molecule has 8 nitrogen and oxygen atoms in total. The van der Waals surface area contributed by atoms with Crippen LogP contribution in [0.15, 0.2) is 53.3 Å². The summed E-state index contributed by atoms with van der Waals surface area (Å²) in [4.78, 5) is 31.8. The lowest BCUT2D eigenvalue weighted by molar-refractivity contribution is 0.0827. The highest BCUT2D eigenvalue weighted by Crippen LogP contribution is 2.29. The zero-order chi connectivity index (χ0) is 23.0. The van der Waals surface area contributed by atoms with Crippen molar-refractivity contribution in [2.24, 2.45) is 0 Å². The van der Waals surface area contributed by atoms with Crippen LogP contribution in [0, 0.1) is 0 Å². The van der Waals surface area contributed by atoms with E-state index in [0.717, 1.165) is 0 Å². The fourth-order valence-corrected chi connectivity index (χ4v) is 3.50. The Balaban J connectivity index is 1.79. The molecule has 9 heteroatoms. The summed E-state index contributed by atoms with van der Waals surface area (Å²) in [6.45, 7) is 3.97. The molecule has 0 aliphatic carbocycles. The summed E-state index contributed by atoms with van der Waals surface area (Å²) < 4.78 is 7.25. The van der Waals surface area contributed by atoms with E-state index in [2.05, 4.69) is 15.4 Å². The van der Waals surface area contributed by atoms with Crippen molar-refractivity contribution in [3.8, 4) is 11.5 Å². The molecule has 2 amide bonds. The molecule has 0 bridgehead atoms. The molecule has 1 aromatic carbocycles. The van der Waals surface area contributed by atoms with E-state index >= 15 is 0 Å². The molecule has 1 N–H and O–H groups in total. The summed E-state index contributed by atoms with van der Waals surface area (Å²) >= 11 is 6.30. The Morgan fingerprint density at radius 2 is 1.97 bits per heavy atom. The van der Waals surface area contributed by atoms with Gasteiger partial charge < -0.3 is 14.6 Å². The number of furan rings is 1. The minimum Gasteiger partial charge on any atom is -0.463 e. The Morgan fingerprint density at radius 1 is 1.19 bits per heavy atom. The van der Waals surface area contributed by atoms with Gasteiger partial charge in [0.05, 0.1) is 34.1 Å². The van der Waals surface area contributed by atoms with E-state index in [1.54, 1.807) is 67.6 Å². The molecule has 4 aromatic rings. The van der Waals surface area contributed by atoms with Gasteiger partial charge in [0.15, 0.2) is 11.4 Å². The molecule has 164 valence electrons. The Bertz CT molecular complexity index is 1310. The number of pyridine rings is 1. The summed E-state index contributed by atoms with van der Waals surface area (Å²) in [6.07, 6.45) is 3.17. The maximum Gasteiger partial charge on any atom is 0.256 e. The first kappa shape index (κ1) is 21.6. The van der Waals surface area contributed by atoms with Crippen molar-refractivity contribution in [2.75, 3.05) is 19.4 Å². The highest BCUT2D eigenvalue weighted by molar-refractivity contribution is 6.34. The molecule has 0 aliphatic heterocycles. The largest absolute Gasteiger partial charge is 0.463 e. The maximum absolute atomic E-state index is 13.3. The van der Waals surface area contributed by atoms with Crippen LogP contribution in [0.25, 0.3) is 22.5 Å². The van der Waals surface area contributed by atoms with E-state index in [4.69, 9.17) is 16.0 Å². The van der Waals surface area contributed by atoms with Gasteiger partial charge in [-0.25, -0.2) is 9.67 Å². The molecule has 0 aliphatic rings. The number of carbonyl (C=O) groups is 2. The Morgan fingerprint density at radius 3 is 2.62 bits per heavy atom. The van der Waals surface area contributed by atoms with E-state index < -0.39 is 5.91 Å². The number of carbonyl (C=O) groups excluding carboxylic acids is 2.